The first-order valence-electron chi connectivity index (χ1n) is 12.5. The molecule has 2 saturated heterocycles. The lowest BCUT2D eigenvalue weighted by Gasteiger charge is -2.45. The van der Waals surface area contributed by atoms with Crippen LogP contribution in [0.15, 0.2) is 54.7 Å². The maximum atomic E-state index is 9.73. The summed E-state index contributed by atoms with van der Waals surface area (Å²) in [6, 6.07) is 20.0. The second-order valence-electron chi connectivity index (χ2n) is 9.82. The van der Waals surface area contributed by atoms with E-state index in [9.17, 15) is 10.4 Å². The van der Waals surface area contributed by atoms with Crippen molar-refractivity contribution in [1.82, 2.24) is 15.2 Å². The van der Waals surface area contributed by atoms with E-state index < -0.39 is 0 Å². The van der Waals surface area contributed by atoms with Gasteiger partial charge in [0.05, 0.1) is 23.7 Å². The molecule has 1 aromatic heterocycles. The van der Waals surface area contributed by atoms with Crippen LogP contribution in [0.4, 0.5) is 11.4 Å². The topological polar surface area (TPSA) is 78.7 Å². The zero-order valence-electron chi connectivity index (χ0n) is 20.6. The van der Waals surface area contributed by atoms with Crippen LogP contribution in [0.25, 0.3) is 10.9 Å². The molecular formula is C28H34N6O. The molecule has 2 aliphatic heterocycles. The minimum atomic E-state index is 0.135. The highest BCUT2D eigenvalue weighted by atomic mass is 16.3. The molecule has 2 N–H and O–H groups in total. The van der Waals surface area contributed by atoms with Crippen molar-refractivity contribution in [1.29, 1.82) is 5.26 Å². The van der Waals surface area contributed by atoms with E-state index in [0.29, 0.717) is 17.6 Å². The van der Waals surface area contributed by atoms with Crippen LogP contribution in [0.3, 0.4) is 0 Å². The zero-order valence-corrected chi connectivity index (χ0v) is 20.6. The predicted octanol–water partition coefficient (Wildman–Crippen LogP) is 2.98. The van der Waals surface area contributed by atoms with Crippen molar-refractivity contribution in [2.45, 2.75) is 38.5 Å². The summed E-state index contributed by atoms with van der Waals surface area (Å²) in [7, 11) is 0. The van der Waals surface area contributed by atoms with E-state index in [1.807, 2.05) is 12.1 Å². The number of aromatic nitrogens is 1. The summed E-state index contributed by atoms with van der Waals surface area (Å²) in [4.78, 5) is 11.8. The molecule has 0 aliphatic carbocycles. The van der Waals surface area contributed by atoms with E-state index in [-0.39, 0.29) is 12.6 Å². The van der Waals surface area contributed by atoms with Crippen molar-refractivity contribution < 1.29 is 5.11 Å². The molecule has 3 unspecified atom stereocenters. The van der Waals surface area contributed by atoms with Gasteiger partial charge in [0.1, 0.15) is 6.07 Å². The number of nitriles is 1. The third-order valence-corrected chi connectivity index (χ3v) is 7.50. The lowest BCUT2D eigenvalue weighted by atomic mass is 10.0. The molecule has 2 aromatic carbocycles. The van der Waals surface area contributed by atoms with Crippen LogP contribution in [-0.2, 0) is 6.54 Å². The Labute approximate surface area is 207 Å². The number of aliphatic hydroxyl groups excluding tert-OH is 1. The first-order chi connectivity index (χ1) is 17.1. The average molecular weight is 471 g/mol. The SMILES string of the molecule is CC1CN(c2ccc(C#N)c3ncccc23)CC(C)N1Cc1ccc(N2CCNCC2CO)cc1. The number of piperazine rings is 2. The Morgan fingerprint density at radius 2 is 1.86 bits per heavy atom. The number of hydrogen-bond acceptors (Lipinski definition) is 7. The minimum Gasteiger partial charge on any atom is -0.394 e. The maximum absolute atomic E-state index is 9.73. The molecule has 5 rings (SSSR count). The molecule has 3 atom stereocenters. The molecule has 0 amide bonds. The van der Waals surface area contributed by atoms with Gasteiger partial charge >= 0.3 is 0 Å². The van der Waals surface area contributed by atoms with Gasteiger partial charge in [-0.15, -0.1) is 0 Å². The van der Waals surface area contributed by atoms with E-state index in [0.717, 1.165) is 55.9 Å². The van der Waals surface area contributed by atoms with E-state index in [1.54, 1.807) is 6.20 Å². The minimum absolute atomic E-state index is 0.135. The van der Waals surface area contributed by atoms with Gasteiger partial charge in [0.25, 0.3) is 0 Å². The molecule has 7 nitrogen and oxygen atoms in total. The third-order valence-electron chi connectivity index (χ3n) is 7.50. The van der Waals surface area contributed by atoms with Crippen molar-refractivity contribution in [3.05, 3.63) is 65.9 Å². The molecule has 2 aliphatic rings. The number of rotatable bonds is 5. The molecule has 0 radical (unpaired) electrons. The van der Waals surface area contributed by atoms with Crippen molar-refractivity contribution in [2.75, 3.05) is 49.1 Å². The Bertz CT molecular complexity index is 1190. The standard InChI is InChI=1S/C28H34N6O/c1-20-16-32(27-10-7-23(14-29)28-26(27)4-3-11-31-28)17-21(2)34(20)18-22-5-8-24(9-6-22)33-13-12-30-15-25(33)19-35/h3-11,20-21,25,30,35H,12-13,15-19H2,1-2H3. The van der Waals surface area contributed by atoms with Gasteiger partial charge in [0, 0.05) is 74.3 Å². The van der Waals surface area contributed by atoms with Gasteiger partial charge in [0.2, 0.25) is 0 Å². The quantitative estimate of drug-likeness (QED) is 0.594. The van der Waals surface area contributed by atoms with Gasteiger partial charge in [-0.05, 0) is 55.8 Å². The second-order valence-corrected chi connectivity index (χ2v) is 9.82. The molecule has 7 heteroatoms. The highest BCUT2D eigenvalue weighted by molar-refractivity contribution is 5.95. The average Bonchev–Trinajstić information content (AvgIpc) is 2.90. The first kappa shape index (κ1) is 23.6. The van der Waals surface area contributed by atoms with Gasteiger partial charge in [0.15, 0.2) is 0 Å². The van der Waals surface area contributed by atoms with Crippen LogP contribution >= 0.6 is 0 Å². The van der Waals surface area contributed by atoms with Crippen molar-refractivity contribution in [3.63, 3.8) is 0 Å². The molecule has 3 heterocycles. The van der Waals surface area contributed by atoms with Crippen LogP contribution in [0.1, 0.15) is 25.0 Å². The number of aliphatic hydroxyl groups is 1. The fourth-order valence-corrected chi connectivity index (χ4v) is 5.66. The molecule has 2 fully saturated rings. The third kappa shape index (κ3) is 4.70. The van der Waals surface area contributed by atoms with E-state index in [2.05, 4.69) is 81.3 Å². The molecule has 0 bridgehead atoms. The number of nitrogens with one attached hydrogen (secondary N) is 1. The van der Waals surface area contributed by atoms with Crippen LogP contribution in [-0.4, -0.2) is 72.4 Å². The van der Waals surface area contributed by atoms with Crippen LogP contribution in [0, 0.1) is 11.3 Å². The lowest BCUT2D eigenvalue weighted by Crippen LogP contribution is -2.56. The number of hydrogen-bond donors (Lipinski definition) is 2. The second kappa shape index (κ2) is 10.2. The van der Waals surface area contributed by atoms with Crippen LogP contribution < -0.4 is 15.1 Å². The maximum Gasteiger partial charge on any atom is 0.101 e. The number of pyridine rings is 1. The number of anilines is 2. The smallest absolute Gasteiger partial charge is 0.101 e. The Hall–Kier alpha value is -3.18. The molecule has 3 aromatic rings. The molecule has 35 heavy (non-hydrogen) atoms. The van der Waals surface area contributed by atoms with E-state index in [4.69, 9.17) is 0 Å². The molecule has 0 saturated carbocycles. The van der Waals surface area contributed by atoms with Crippen LogP contribution in [0.5, 0.6) is 0 Å². The highest BCUT2D eigenvalue weighted by Gasteiger charge is 2.30. The fourth-order valence-electron chi connectivity index (χ4n) is 5.66. The van der Waals surface area contributed by atoms with Crippen molar-refractivity contribution in [3.8, 4) is 6.07 Å². The Morgan fingerprint density at radius 3 is 2.57 bits per heavy atom. The predicted molar refractivity (Wildman–Crippen MR) is 141 cm³/mol. The molecular weight excluding hydrogens is 436 g/mol. The van der Waals surface area contributed by atoms with Crippen LogP contribution in [0.2, 0.25) is 0 Å². The number of nitrogens with zero attached hydrogens (tertiary/aromatic N) is 5. The summed E-state index contributed by atoms with van der Waals surface area (Å²) in [5.74, 6) is 0. The largest absolute Gasteiger partial charge is 0.394 e. The Morgan fingerprint density at radius 1 is 1.09 bits per heavy atom. The Kier molecular flexibility index (Phi) is 6.87. The Balaban J connectivity index is 1.30. The summed E-state index contributed by atoms with van der Waals surface area (Å²) in [6.45, 7) is 10.2. The number of benzene rings is 2. The summed E-state index contributed by atoms with van der Waals surface area (Å²) < 4.78 is 0. The first-order valence-corrected chi connectivity index (χ1v) is 12.5. The van der Waals surface area contributed by atoms with Gasteiger partial charge < -0.3 is 20.2 Å². The summed E-state index contributed by atoms with van der Waals surface area (Å²) >= 11 is 0. The number of fused-ring (bicyclic) bond motifs is 1. The van der Waals surface area contributed by atoms with E-state index >= 15 is 0 Å². The van der Waals surface area contributed by atoms with Gasteiger partial charge in [-0.1, -0.05) is 12.1 Å². The van der Waals surface area contributed by atoms with Gasteiger partial charge in [-0.2, -0.15) is 5.26 Å². The molecule has 182 valence electrons. The summed E-state index contributed by atoms with van der Waals surface area (Å²) in [6.07, 6.45) is 1.76. The fraction of sp³-hybridized carbons (Fsp3) is 0.429. The van der Waals surface area contributed by atoms with Gasteiger partial charge in [-0.3, -0.25) is 9.88 Å². The summed E-state index contributed by atoms with van der Waals surface area (Å²) in [5, 5.41) is 23.6. The van der Waals surface area contributed by atoms with Crippen molar-refractivity contribution in [2.24, 2.45) is 0 Å². The monoisotopic (exact) mass is 470 g/mol. The molecule has 0 spiro atoms. The normalized spacial score (nSPS) is 23.4. The highest BCUT2D eigenvalue weighted by Crippen LogP contribution is 2.31. The summed E-state index contributed by atoms with van der Waals surface area (Å²) in [5.41, 5.74) is 5.05. The van der Waals surface area contributed by atoms with E-state index in [1.165, 1.54) is 11.3 Å². The van der Waals surface area contributed by atoms with Crippen molar-refractivity contribution >= 4 is 22.3 Å². The zero-order chi connectivity index (χ0) is 24.4. The lowest BCUT2D eigenvalue weighted by molar-refractivity contribution is 0.123. The van der Waals surface area contributed by atoms with Gasteiger partial charge in [-0.25, -0.2) is 0 Å².